The molecule has 0 saturated carbocycles. The van der Waals surface area contributed by atoms with Crippen molar-refractivity contribution in [3.05, 3.63) is 45.8 Å². The fraction of sp³-hybridized carbons (Fsp3) is 0.368. The Morgan fingerprint density at radius 1 is 1.10 bits per heavy atom. The molecule has 160 valence electrons. The van der Waals surface area contributed by atoms with Gasteiger partial charge in [0.05, 0.1) is 24.3 Å². The lowest BCUT2D eigenvalue weighted by Gasteiger charge is -2.31. The number of hydrogen-bond acceptors (Lipinski definition) is 5. The number of nitrogens with two attached hydrogens (primary N) is 1. The van der Waals surface area contributed by atoms with E-state index in [9.17, 15) is 22.8 Å². The molecule has 1 aromatic carbocycles. The normalized spacial score (nSPS) is 17.6. The summed E-state index contributed by atoms with van der Waals surface area (Å²) >= 11 is 1.21. The third-order valence-corrected chi connectivity index (χ3v) is 6.18. The number of halogens is 3. The molecule has 1 aliphatic heterocycles. The van der Waals surface area contributed by atoms with Crippen LogP contribution in [0.4, 0.5) is 28.7 Å². The molecule has 0 bridgehead atoms. The van der Waals surface area contributed by atoms with Crippen molar-refractivity contribution < 1.29 is 32.2 Å². The molecule has 1 aliphatic carbocycles. The van der Waals surface area contributed by atoms with E-state index in [0.717, 1.165) is 34.7 Å². The van der Waals surface area contributed by atoms with Crippen molar-refractivity contribution in [1.82, 2.24) is 0 Å². The Kier molecular flexibility index (Phi) is 5.20. The number of thiophene rings is 1. The molecule has 0 atom stereocenters. The van der Waals surface area contributed by atoms with Gasteiger partial charge in [-0.15, -0.1) is 11.3 Å². The Hall–Kier alpha value is -2.63. The minimum absolute atomic E-state index is 0.175. The minimum atomic E-state index is -4.46. The largest absolute Gasteiger partial charge is 0.416 e. The first-order valence-electron chi connectivity index (χ1n) is 9.14. The molecule has 0 unspecified atom stereocenters. The highest BCUT2D eigenvalue weighted by Crippen LogP contribution is 2.43. The zero-order valence-corrected chi connectivity index (χ0v) is 16.4. The van der Waals surface area contributed by atoms with E-state index in [1.54, 1.807) is 0 Å². The molecule has 11 heteroatoms. The first-order chi connectivity index (χ1) is 14.2. The topological polar surface area (TPSA) is 103 Å². The van der Waals surface area contributed by atoms with Crippen molar-refractivity contribution in [1.29, 1.82) is 0 Å². The third kappa shape index (κ3) is 4.00. The Bertz CT molecular complexity index is 982. The fourth-order valence-corrected chi connectivity index (χ4v) is 5.00. The van der Waals surface area contributed by atoms with Crippen LogP contribution in [0.5, 0.6) is 0 Å². The van der Waals surface area contributed by atoms with Crippen LogP contribution < -0.4 is 16.4 Å². The van der Waals surface area contributed by atoms with Crippen LogP contribution in [0.25, 0.3) is 0 Å². The first-order valence-corrected chi connectivity index (χ1v) is 9.96. The van der Waals surface area contributed by atoms with Crippen LogP contribution in [-0.2, 0) is 28.5 Å². The lowest BCUT2D eigenvalue weighted by Crippen LogP contribution is -2.36. The van der Waals surface area contributed by atoms with Crippen LogP contribution in [0.1, 0.15) is 32.8 Å². The van der Waals surface area contributed by atoms with Crippen LogP contribution >= 0.6 is 11.3 Å². The van der Waals surface area contributed by atoms with Crippen molar-refractivity contribution >= 4 is 34.0 Å². The van der Waals surface area contributed by atoms with Gasteiger partial charge in [-0.05, 0) is 36.2 Å². The highest BCUT2D eigenvalue weighted by molar-refractivity contribution is 7.17. The molecule has 7 nitrogen and oxygen atoms in total. The summed E-state index contributed by atoms with van der Waals surface area (Å²) in [6, 6.07) is 3.34. The first kappa shape index (κ1) is 20.6. The van der Waals surface area contributed by atoms with E-state index in [1.807, 2.05) is 0 Å². The molecule has 3 amide bonds. The maximum Gasteiger partial charge on any atom is 0.416 e. The molecule has 0 radical (unpaired) electrons. The second-order valence-corrected chi connectivity index (χ2v) is 8.12. The van der Waals surface area contributed by atoms with Gasteiger partial charge in [-0.25, -0.2) is 4.79 Å². The van der Waals surface area contributed by atoms with Gasteiger partial charge < -0.3 is 20.5 Å². The number of ether oxygens (including phenoxy) is 2. The van der Waals surface area contributed by atoms with Gasteiger partial charge >= 0.3 is 12.2 Å². The van der Waals surface area contributed by atoms with Gasteiger partial charge in [0, 0.05) is 23.4 Å². The van der Waals surface area contributed by atoms with Gasteiger partial charge in [0.1, 0.15) is 5.00 Å². The highest BCUT2D eigenvalue weighted by Gasteiger charge is 2.42. The Morgan fingerprint density at radius 3 is 2.37 bits per heavy atom. The molecule has 2 aromatic rings. The fourth-order valence-electron chi connectivity index (χ4n) is 3.67. The molecule has 4 N–H and O–H groups in total. The van der Waals surface area contributed by atoms with Crippen molar-refractivity contribution in [3.8, 4) is 0 Å². The lowest BCUT2D eigenvalue weighted by molar-refractivity contribution is -0.163. The number of carbonyl (C=O) groups excluding carboxylic acids is 2. The van der Waals surface area contributed by atoms with Crippen molar-refractivity contribution in [2.45, 2.75) is 31.2 Å². The monoisotopic (exact) mass is 441 g/mol. The summed E-state index contributed by atoms with van der Waals surface area (Å²) in [5.74, 6) is -1.37. The number of rotatable bonds is 3. The quantitative estimate of drug-likeness (QED) is 0.675. The van der Waals surface area contributed by atoms with Crippen molar-refractivity contribution in [2.75, 3.05) is 23.8 Å². The zero-order chi connectivity index (χ0) is 21.5. The Morgan fingerprint density at radius 2 is 1.77 bits per heavy atom. The second kappa shape index (κ2) is 7.56. The van der Waals surface area contributed by atoms with Crippen LogP contribution in [0.15, 0.2) is 24.3 Å². The number of hydrogen-bond donors (Lipinski definition) is 3. The van der Waals surface area contributed by atoms with E-state index >= 15 is 0 Å². The van der Waals surface area contributed by atoms with Crippen LogP contribution in [0, 0.1) is 0 Å². The molecule has 1 fully saturated rings. The molecule has 4 rings (SSSR count). The van der Waals surface area contributed by atoms with E-state index in [0.29, 0.717) is 32.5 Å². The van der Waals surface area contributed by atoms with Gasteiger partial charge in [0.15, 0.2) is 5.79 Å². The maximum absolute atomic E-state index is 12.7. The maximum atomic E-state index is 12.7. The predicted octanol–water partition coefficient (Wildman–Crippen LogP) is 3.74. The minimum Gasteiger partial charge on any atom is -0.365 e. The number of urea groups is 1. The summed E-state index contributed by atoms with van der Waals surface area (Å²) < 4.78 is 49.4. The second-order valence-electron chi connectivity index (χ2n) is 7.01. The number of primary amides is 1. The van der Waals surface area contributed by atoms with E-state index in [1.165, 1.54) is 11.3 Å². The van der Waals surface area contributed by atoms with E-state index in [2.05, 4.69) is 10.6 Å². The summed E-state index contributed by atoms with van der Waals surface area (Å²) in [5.41, 5.74) is 5.90. The summed E-state index contributed by atoms with van der Waals surface area (Å²) in [7, 11) is 0. The molecular weight excluding hydrogens is 423 g/mol. The van der Waals surface area contributed by atoms with Crippen LogP contribution in [-0.4, -0.2) is 30.9 Å². The number of carbonyl (C=O) groups is 2. The van der Waals surface area contributed by atoms with Crippen LogP contribution in [0.2, 0.25) is 0 Å². The molecule has 2 aliphatic rings. The van der Waals surface area contributed by atoms with Crippen molar-refractivity contribution in [2.24, 2.45) is 5.73 Å². The average Bonchev–Trinajstić information content (AvgIpc) is 3.25. The molecule has 2 heterocycles. The van der Waals surface area contributed by atoms with Crippen LogP contribution in [0.3, 0.4) is 0 Å². The van der Waals surface area contributed by atoms with Gasteiger partial charge in [-0.1, -0.05) is 0 Å². The van der Waals surface area contributed by atoms with E-state index < -0.39 is 29.5 Å². The Labute approximate surface area is 173 Å². The van der Waals surface area contributed by atoms with Crippen molar-refractivity contribution in [3.63, 3.8) is 0 Å². The molecule has 1 saturated heterocycles. The van der Waals surface area contributed by atoms with E-state index in [-0.39, 0.29) is 16.3 Å². The highest BCUT2D eigenvalue weighted by atomic mass is 32.1. The van der Waals surface area contributed by atoms with Gasteiger partial charge in [-0.2, -0.15) is 13.2 Å². The number of anilines is 2. The molecular formula is C19H18F3N3O4S. The SMILES string of the molecule is NC(=O)c1c(NC(=O)Nc2ccc(C(F)(F)F)cc2)sc2c1CCC1(C2)OCCO1. The number of fused-ring (bicyclic) bond motifs is 1. The van der Waals surface area contributed by atoms with Gasteiger partial charge in [-0.3, -0.25) is 10.1 Å². The van der Waals surface area contributed by atoms with E-state index in [4.69, 9.17) is 15.2 Å². The number of alkyl halides is 3. The number of benzene rings is 1. The molecule has 1 aromatic heterocycles. The number of nitrogens with one attached hydrogen (secondary N) is 2. The summed E-state index contributed by atoms with van der Waals surface area (Å²) in [5, 5.41) is 5.32. The third-order valence-electron chi connectivity index (χ3n) is 5.03. The molecule has 1 spiro atoms. The van der Waals surface area contributed by atoms with Gasteiger partial charge in [0.25, 0.3) is 5.91 Å². The average molecular weight is 441 g/mol. The number of amides is 3. The zero-order valence-electron chi connectivity index (χ0n) is 15.6. The smallest absolute Gasteiger partial charge is 0.365 e. The summed E-state index contributed by atoms with van der Waals surface area (Å²) in [6.07, 6.45) is -2.91. The summed E-state index contributed by atoms with van der Waals surface area (Å²) in [4.78, 5) is 25.2. The lowest BCUT2D eigenvalue weighted by atomic mass is 9.90. The standard InChI is InChI=1S/C19H18F3N3O4S/c20-19(21,22)10-1-3-11(4-2-10)24-17(27)25-16-14(15(23)26)12-5-6-18(9-13(12)30-16)28-7-8-29-18/h1-4H,5-9H2,(H2,23,26)(H2,24,25,27). The van der Waals surface area contributed by atoms with Gasteiger partial charge in [0.2, 0.25) is 0 Å². The Balaban J connectivity index is 1.51. The molecule has 30 heavy (non-hydrogen) atoms. The summed E-state index contributed by atoms with van der Waals surface area (Å²) in [6.45, 7) is 1.01. The predicted molar refractivity (Wildman–Crippen MR) is 104 cm³/mol.